The van der Waals surface area contributed by atoms with E-state index >= 15 is 0 Å². The van der Waals surface area contributed by atoms with E-state index in [1.807, 2.05) is 0 Å². The maximum Gasteiger partial charge on any atom is 0.306 e. The fraction of sp³-hybridized carbons (Fsp3) is 0.909. The van der Waals surface area contributed by atoms with Gasteiger partial charge in [0.1, 0.15) is 5.60 Å². The lowest BCUT2D eigenvalue weighted by Gasteiger charge is -2.27. The van der Waals surface area contributed by atoms with E-state index in [1.54, 1.807) is 0 Å². The van der Waals surface area contributed by atoms with Gasteiger partial charge in [0.2, 0.25) is 0 Å². The summed E-state index contributed by atoms with van der Waals surface area (Å²) in [5.41, 5.74) is 0.365. The summed E-state index contributed by atoms with van der Waals surface area (Å²) >= 11 is 0. The largest absolute Gasteiger partial charge is 0.458 e. The van der Waals surface area contributed by atoms with Gasteiger partial charge in [0.25, 0.3) is 0 Å². The smallest absolute Gasteiger partial charge is 0.306 e. The molecule has 0 aromatic carbocycles. The molecule has 2 aliphatic carbocycles. The molecule has 1 spiro atoms. The summed E-state index contributed by atoms with van der Waals surface area (Å²) in [5, 5.41) is 0. The zero-order valence-electron chi connectivity index (χ0n) is 8.14. The lowest BCUT2D eigenvalue weighted by atomic mass is 9.81. The number of hydrogen-bond donors (Lipinski definition) is 0. The summed E-state index contributed by atoms with van der Waals surface area (Å²) in [6.07, 6.45) is 7.32. The third-order valence-corrected chi connectivity index (χ3v) is 4.68. The number of fused-ring (bicyclic) bond motifs is 3. The fourth-order valence-electron chi connectivity index (χ4n) is 3.87. The molecule has 1 heterocycles. The lowest BCUT2D eigenvalue weighted by molar-refractivity contribution is -0.148. The molecule has 3 aliphatic rings. The molecule has 0 N–H and O–H groups in total. The summed E-state index contributed by atoms with van der Waals surface area (Å²) in [7, 11) is 0. The van der Waals surface area contributed by atoms with Gasteiger partial charge in [-0.15, -0.1) is 0 Å². The average molecular weight is 180 g/mol. The molecule has 3 fully saturated rings. The van der Waals surface area contributed by atoms with E-state index in [9.17, 15) is 4.79 Å². The van der Waals surface area contributed by atoms with Gasteiger partial charge in [0.15, 0.2) is 0 Å². The van der Waals surface area contributed by atoms with Gasteiger partial charge in [0, 0.05) is 11.3 Å². The predicted molar refractivity (Wildman–Crippen MR) is 48.1 cm³/mol. The van der Waals surface area contributed by atoms with Crippen LogP contribution in [0.5, 0.6) is 0 Å². The van der Waals surface area contributed by atoms with Gasteiger partial charge in [-0.3, -0.25) is 4.79 Å². The molecule has 2 heteroatoms. The van der Waals surface area contributed by atoms with Crippen LogP contribution in [0.2, 0.25) is 0 Å². The molecule has 2 saturated carbocycles. The highest BCUT2D eigenvalue weighted by molar-refractivity contribution is 5.76. The molecule has 1 saturated heterocycles. The number of carbonyl (C=O) groups is 1. The molecule has 0 aromatic heterocycles. The van der Waals surface area contributed by atoms with E-state index in [1.165, 1.54) is 32.1 Å². The summed E-state index contributed by atoms with van der Waals surface area (Å²) in [6, 6.07) is 0. The van der Waals surface area contributed by atoms with Gasteiger partial charge in [-0.1, -0.05) is 19.3 Å². The first-order valence-corrected chi connectivity index (χ1v) is 5.41. The minimum atomic E-state index is -0.0511. The number of ether oxygens (including phenoxy) is 1. The van der Waals surface area contributed by atoms with E-state index in [-0.39, 0.29) is 11.6 Å². The molecule has 13 heavy (non-hydrogen) atoms. The number of rotatable bonds is 0. The number of carbonyl (C=O) groups excluding carboxylic acids is 1. The van der Waals surface area contributed by atoms with Gasteiger partial charge < -0.3 is 4.74 Å². The molecular formula is C11H16O2. The number of esters is 1. The second-order valence-electron chi connectivity index (χ2n) is 5.05. The van der Waals surface area contributed by atoms with Crippen LogP contribution in [0.3, 0.4) is 0 Å². The summed E-state index contributed by atoms with van der Waals surface area (Å²) < 4.78 is 5.48. The minimum absolute atomic E-state index is 0.0312. The lowest BCUT2D eigenvalue weighted by Crippen LogP contribution is -2.25. The molecule has 0 aromatic rings. The Morgan fingerprint density at radius 1 is 1.31 bits per heavy atom. The zero-order chi connectivity index (χ0) is 9.10. The van der Waals surface area contributed by atoms with Crippen molar-refractivity contribution in [1.29, 1.82) is 0 Å². The summed E-state index contributed by atoms with van der Waals surface area (Å²) in [5.74, 6) is 0.594. The summed E-state index contributed by atoms with van der Waals surface area (Å²) in [6.45, 7) is 2.15. The molecule has 2 nitrogen and oxygen atoms in total. The molecule has 1 aliphatic heterocycles. The van der Waals surface area contributed by atoms with Gasteiger partial charge in [-0.05, 0) is 19.8 Å². The third kappa shape index (κ3) is 0.733. The van der Waals surface area contributed by atoms with Crippen LogP contribution in [-0.4, -0.2) is 11.6 Å². The van der Waals surface area contributed by atoms with Crippen LogP contribution in [0.25, 0.3) is 0 Å². The highest BCUT2D eigenvalue weighted by atomic mass is 16.6. The van der Waals surface area contributed by atoms with Crippen molar-refractivity contribution < 1.29 is 9.53 Å². The molecule has 2 atom stereocenters. The zero-order valence-corrected chi connectivity index (χ0v) is 8.14. The molecule has 0 amide bonds. The first kappa shape index (κ1) is 7.84. The number of hydrogen-bond acceptors (Lipinski definition) is 2. The van der Waals surface area contributed by atoms with Crippen LogP contribution in [0.15, 0.2) is 0 Å². The Kier molecular flexibility index (Phi) is 1.27. The van der Waals surface area contributed by atoms with Crippen molar-refractivity contribution in [2.45, 2.75) is 51.0 Å². The Hall–Kier alpha value is -0.530. The monoisotopic (exact) mass is 180 g/mol. The molecule has 0 radical (unpaired) electrons. The quantitative estimate of drug-likeness (QED) is 0.534. The molecule has 72 valence electrons. The van der Waals surface area contributed by atoms with Crippen molar-refractivity contribution in [2.75, 3.05) is 0 Å². The topological polar surface area (TPSA) is 26.3 Å². The summed E-state index contributed by atoms with van der Waals surface area (Å²) in [4.78, 5) is 11.1. The standard InChI is InChI=1S/C11H16O2/c1-10-8(7-9(12)13-10)11(10)5-3-2-4-6-11/h8H,2-7H2,1H3/t8-,10-/m0/s1. The van der Waals surface area contributed by atoms with Gasteiger partial charge in [-0.25, -0.2) is 0 Å². The van der Waals surface area contributed by atoms with Gasteiger partial charge >= 0.3 is 5.97 Å². The Labute approximate surface area is 78.6 Å². The van der Waals surface area contributed by atoms with E-state index in [4.69, 9.17) is 4.74 Å². The van der Waals surface area contributed by atoms with E-state index in [0.717, 1.165) is 0 Å². The van der Waals surface area contributed by atoms with Crippen LogP contribution >= 0.6 is 0 Å². The fourth-order valence-corrected chi connectivity index (χ4v) is 3.87. The van der Waals surface area contributed by atoms with Crippen molar-refractivity contribution in [2.24, 2.45) is 11.3 Å². The van der Waals surface area contributed by atoms with Crippen molar-refractivity contribution in [1.82, 2.24) is 0 Å². The molecule has 3 rings (SSSR count). The van der Waals surface area contributed by atoms with E-state index in [2.05, 4.69) is 6.92 Å². The van der Waals surface area contributed by atoms with Crippen molar-refractivity contribution in [3.63, 3.8) is 0 Å². The van der Waals surface area contributed by atoms with Crippen LogP contribution in [0, 0.1) is 11.3 Å². The highest BCUT2D eigenvalue weighted by Gasteiger charge is 2.79. The Bertz CT molecular complexity index is 265. The SMILES string of the molecule is C[C@]12OC(=O)C[C@@H]1C21CCCCC1. The molecule has 0 bridgehead atoms. The van der Waals surface area contributed by atoms with Crippen molar-refractivity contribution in [3.8, 4) is 0 Å². The second-order valence-corrected chi connectivity index (χ2v) is 5.05. The van der Waals surface area contributed by atoms with Crippen LogP contribution in [0.4, 0.5) is 0 Å². The minimum Gasteiger partial charge on any atom is -0.458 e. The van der Waals surface area contributed by atoms with Gasteiger partial charge in [-0.2, -0.15) is 0 Å². The van der Waals surface area contributed by atoms with Crippen LogP contribution < -0.4 is 0 Å². The predicted octanol–water partition coefficient (Wildman–Crippen LogP) is 2.27. The maximum absolute atomic E-state index is 11.1. The molecule has 0 unspecified atom stereocenters. The van der Waals surface area contributed by atoms with Crippen molar-refractivity contribution in [3.05, 3.63) is 0 Å². The van der Waals surface area contributed by atoms with E-state index < -0.39 is 0 Å². The molecular weight excluding hydrogens is 164 g/mol. The average Bonchev–Trinajstić information content (AvgIpc) is 2.42. The van der Waals surface area contributed by atoms with E-state index in [0.29, 0.717) is 17.8 Å². The highest BCUT2D eigenvalue weighted by Crippen LogP contribution is 2.74. The first-order valence-electron chi connectivity index (χ1n) is 5.41. The Morgan fingerprint density at radius 2 is 2.00 bits per heavy atom. The third-order valence-electron chi connectivity index (χ3n) is 4.68. The van der Waals surface area contributed by atoms with Crippen molar-refractivity contribution >= 4 is 5.97 Å². The Morgan fingerprint density at radius 3 is 2.54 bits per heavy atom. The van der Waals surface area contributed by atoms with Crippen LogP contribution in [0.1, 0.15) is 45.4 Å². The van der Waals surface area contributed by atoms with Gasteiger partial charge in [0.05, 0.1) is 6.42 Å². The normalized spacial score (nSPS) is 45.9. The Balaban J connectivity index is 1.86. The second kappa shape index (κ2) is 2.10. The maximum atomic E-state index is 11.1. The first-order chi connectivity index (χ1) is 6.19. The van der Waals surface area contributed by atoms with Crippen LogP contribution in [-0.2, 0) is 9.53 Å².